The zero-order valence-electron chi connectivity index (χ0n) is 12.6. The molecule has 0 amide bonds. The highest BCUT2D eigenvalue weighted by atomic mass is 19.1. The van der Waals surface area contributed by atoms with E-state index in [4.69, 9.17) is 4.74 Å². The van der Waals surface area contributed by atoms with Crippen molar-refractivity contribution < 1.29 is 9.13 Å². The molecular weight excluding hydrogens is 243 g/mol. The Morgan fingerprint density at radius 2 is 2.00 bits per heavy atom. The maximum Gasteiger partial charge on any atom is 0.131 e. The van der Waals surface area contributed by atoms with Crippen LogP contribution in [0.25, 0.3) is 0 Å². The maximum absolute atomic E-state index is 13.7. The van der Waals surface area contributed by atoms with Crippen LogP contribution in [-0.2, 0) is 6.54 Å². The molecule has 0 fully saturated rings. The fourth-order valence-corrected chi connectivity index (χ4v) is 2.25. The molecule has 0 heterocycles. The summed E-state index contributed by atoms with van der Waals surface area (Å²) in [6, 6.07) is 4.97. The summed E-state index contributed by atoms with van der Waals surface area (Å²) < 4.78 is 18.7. The lowest BCUT2D eigenvalue weighted by atomic mass is 9.93. The van der Waals surface area contributed by atoms with E-state index in [-0.39, 0.29) is 11.2 Å². The molecule has 1 aromatic rings. The van der Waals surface area contributed by atoms with Gasteiger partial charge in [-0.2, -0.15) is 0 Å². The topological polar surface area (TPSA) is 24.5 Å². The van der Waals surface area contributed by atoms with Crippen molar-refractivity contribution in [3.8, 4) is 5.75 Å². The molecule has 1 N–H and O–H groups in total. The number of nitrogens with one attached hydrogen (secondary N) is 1. The zero-order valence-corrected chi connectivity index (χ0v) is 12.6. The van der Waals surface area contributed by atoms with E-state index < -0.39 is 0 Å². The largest absolute Gasteiger partial charge is 0.497 e. The second kappa shape index (κ2) is 6.87. The van der Waals surface area contributed by atoms with Gasteiger partial charge in [-0.25, -0.2) is 4.39 Å². The minimum absolute atomic E-state index is 0.159. The summed E-state index contributed by atoms with van der Waals surface area (Å²) in [5, 5.41) is 3.32. The number of rotatable bonds is 7. The van der Waals surface area contributed by atoms with Crippen molar-refractivity contribution in [1.29, 1.82) is 0 Å². The van der Waals surface area contributed by atoms with Crippen molar-refractivity contribution >= 4 is 0 Å². The van der Waals surface area contributed by atoms with Gasteiger partial charge in [-0.05, 0) is 25.6 Å². The molecule has 0 spiro atoms. The minimum Gasteiger partial charge on any atom is -0.497 e. The Labute approximate surface area is 115 Å². The fraction of sp³-hybridized carbons (Fsp3) is 0.600. The van der Waals surface area contributed by atoms with E-state index in [9.17, 15) is 4.39 Å². The molecule has 0 aromatic heterocycles. The molecule has 0 saturated heterocycles. The monoisotopic (exact) mass is 268 g/mol. The molecular formula is C15H25FN2O. The highest BCUT2D eigenvalue weighted by Gasteiger charge is 2.18. The van der Waals surface area contributed by atoms with Crippen LogP contribution < -0.4 is 10.1 Å². The number of hydrogen-bond donors (Lipinski definition) is 1. The van der Waals surface area contributed by atoms with E-state index in [0.29, 0.717) is 17.9 Å². The number of nitrogens with zero attached hydrogens (tertiary/aromatic N) is 1. The third kappa shape index (κ3) is 5.57. The first-order valence-corrected chi connectivity index (χ1v) is 6.52. The van der Waals surface area contributed by atoms with Gasteiger partial charge in [-0.15, -0.1) is 0 Å². The van der Waals surface area contributed by atoms with Crippen LogP contribution in [0.15, 0.2) is 18.2 Å². The minimum atomic E-state index is -0.225. The van der Waals surface area contributed by atoms with E-state index >= 15 is 0 Å². The van der Waals surface area contributed by atoms with Gasteiger partial charge < -0.3 is 15.0 Å². The molecule has 0 radical (unpaired) electrons. The lowest BCUT2D eigenvalue weighted by Crippen LogP contribution is -2.37. The Morgan fingerprint density at radius 1 is 1.32 bits per heavy atom. The lowest BCUT2D eigenvalue weighted by Gasteiger charge is -2.28. The van der Waals surface area contributed by atoms with Gasteiger partial charge in [-0.3, -0.25) is 0 Å². The smallest absolute Gasteiger partial charge is 0.131 e. The molecule has 0 aliphatic heterocycles. The van der Waals surface area contributed by atoms with Crippen LogP contribution in [0.2, 0.25) is 0 Å². The number of ether oxygens (including phenoxy) is 1. The van der Waals surface area contributed by atoms with Crippen molar-refractivity contribution in [3.63, 3.8) is 0 Å². The molecule has 0 unspecified atom stereocenters. The first-order chi connectivity index (χ1) is 8.84. The second-order valence-corrected chi connectivity index (χ2v) is 5.96. The van der Waals surface area contributed by atoms with Crippen LogP contribution in [0, 0.1) is 11.2 Å². The van der Waals surface area contributed by atoms with Gasteiger partial charge in [0, 0.05) is 31.3 Å². The molecule has 0 aliphatic rings. The highest BCUT2D eigenvalue weighted by Crippen LogP contribution is 2.17. The Kier molecular flexibility index (Phi) is 5.76. The van der Waals surface area contributed by atoms with Crippen molar-refractivity contribution in [2.75, 3.05) is 34.3 Å². The number of methoxy groups -OCH3 is 1. The van der Waals surface area contributed by atoms with Crippen LogP contribution in [-0.4, -0.2) is 39.2 Å². The van der Waals surface area contributed by atoms with Gasteiger partial charge in [0.15, 0.2) is 0 Å². The molecule has 0 bridgehead atoms. The third-order valence-corrected chi connectivity index (χ3v) is 2.92. The molecule has 4 heteroatoms. The first-order valence-electron chi connectivity index (χ1n) is 6.52. The summed E-state index contributed by atoms with van der Waals surface area (Å²) in [6.45, 7) is 6.77. The average molecular weight is 268 g/mol. The van der Waals surface area contributed by atoms with Gasteiger partial charge >= 0.3 is 0 Å². The van der Waals surface area contributed by atoms with E-state index in [1.54, 1.807) is 12.1 Å². The van der Waals surface area contributed by atoms with Gasteiger partial charge in [0.2, 0.25) is 0 Å². The summed E-state index contributed by atoms with van der Waals surface area (Å²) in [7, 11) is 5.66. The van der Waals surface area contributed by atoms with Gasteiger partial charge in [0.05, 0.1) is 7.11 Å². The molecule has 0 aliphatic carbocycles. The van der Waals surface area contributed by atoms with Gasteiger partial charge in [0.25, 0.3) is 0 Å². The number of benzene rings is 1. The van der Waals surface area contributed by atoms with Gasteiger partial charge in [-0.1, -0.05) is 19.9 Å². The second-order valence-electron chi connectivity index (χ2n) is 5.96. The van der Waals surface area contributed by atoms with Crippen LogP contribution in [0.3, 0.4) is 0 Å². The number of halogens is 1. The maximum atomic E-state index is 13.7. The quantitative estimate of drug-likeness (QED) is 0.822. The molecule has 0 atom stereocenters. The van der Waals surface area contributed by atoms with Gasteiger partial charge in [0.1, 0.15) is 11.6 Å². The number of hydrogen-bond acceptors (Lipinski definition) is 3. The average Bonchev–Trinajstić information content (AvgIpc) is 2.29. The highest BCUT2D eigenvalue weighted by molar-refractivity contribution is 5.28. The van der Waals surface area contributed by atoms with Crippen LogP contribution in [0.4, 0.5) is 4.39 Å². The van der Waals surface area contributed by atoms with Crippen molar-refractivity contribution in [3.05, 3.63) is 29.6 Å². The van der Waals surface area contributed by atoms with Crippen LogP contribution >= 0.6 is 0 Å². The Bertz CT molecular complexity index is 405. The van der Waals surface area contributed by atoms with E-state index in [0.717, 1.165) is 13.1 Å². The van der Waals surface area contributed by atoms with Crippen molar-refractivity contribution in [2.24, 2.45) is 5.41 Å². The van der Waals surface area contributed by atoms with E-state index in [2.05, 4.69) is 38.2 Å². The van der Waals surface area contributed by atoms with Crippen LogP contribution in [0.1, 0.15) is 19.4 Å². The predicted octanol–water partition coefficient (Wildman–Crippen LogP) is 2.51. The van der Waals surface area contributed by atoms with Crippen molar-refractivity contribution in [2.45, 2.75) is 20.4 Å². The Morgan fingerprint density at radius 3 is 2.53 bits per heavy atom. The third-order valence-electron chi connectivity index (χ3n) is 2.92. The SMILES string of the molecule is COc1ccc(CNCC(C)(C)CN(C)C)c(F)c1. The summed E-state index contributed by atoms with van der Waals surface area (Å²) in [5.41, 5.74) is 0.827. The molecule has 1 aromatic carbocycles. The summed E-state index contributed by atoms with van der Waals surface area (Å²) in [6.07, 6.45) is 0. The lowest BCUT2D eigenvalue weighted by molar-refractivity contribution is 0.232. The molecule has 0 saturated carbocycles. The standard InChI is InChI=1S/C15H25FN2O/c1-15(2,11-18(3)4)10-17-9-12-6-7-13(19-5)8-14(12)16/h6-8,17H,9-11H2,1-5H3. The first kappa shape index (κ1) is 15.9. The van der Waals surface area contributed by atoms with E-state index in [1.807, 2.05) is 0 Å². The fourth-order valence-electron chi connectivity index (χ4n) is 2.25. The predicted molar refractivity (Wildman–Crippen MR) is 77.0 cm³/mol. The molecule has 1 rings (SSSR count). The molecule has 19 heavy (non-hydrogen) atoms. The summed E-state index contributed by atoms with van der Waals surface area (Å²) in [4.78, 5) is 2.16. The zero-order chi connectivity index (χ0) is 14.5. The normalized spacial score (nSPS) is 11.9. The van der Waals surface area contributed by atoms with Crippen LogP contribution in [0.5, 0.6) is 5.75 Å². The van der Waals surface area contributed by atoms with Crippen molar-refractivity contribution in [1.82, 2.24) is 10.2 Å². The summed E-state index contributed by atoms with van der Waals surface area (Å²) >= 11 is 0. The Balaban J connectivity index is 2.49. The summed E-state index contributed by atoms with van der Waals surface area (Å²) in [5.74, 6) is 0.325. The Hall–Kier alpha value is -1.13. The molecule has 3 nitrogen and oxygen atoms in total. The van der Waals surface area contributed by atoms with E-state index in [1.165, 1.54) is 13.2 Å². The molecule has 108 valence electrons.